The van der Waals surface area contributed by atoms with Gasteiger partial charge in [-0.15, -0.1) is 0 Å². The van der Waals surface area contributed by atoms with Gasteiger partial charge < -0.3 is 16.0 Å². The zero-order valence-corrected chi connectivity index (χ0v) is 13.2. The van der Waals surface area contributed by atoms with Gasteiger partial charge in [0.15, 0.2) is 0 Å². The van der Waals surface area contributed by atoms with Crippen LogP contribution in [0.25, 0.3) is 0 Å². The van der Waals surface area contributed by atoms with Crippen molar-refractivity contribution in [3.63, 3.8) is 0 Å². The van der Waals surface area contributed by atoms with Crippen LogP contribution in [0, 0.1) is 6.92 Å². The lowest BCUT2D eigenvalue weighted by atomic mass is 10.2. The maximum atomic E-state index is 11.8. The molecule has 1 rings (SSSR count). The summed E-state index contributed by atoms with van der Waals surface area (Å²) in [6.45, 7) is 1.63. The van der Waals surface area contributed by atoms with Crippen molar-refractivity contribution in [3.05, 3.63) is 28.8 Å². The topological polar surface area (TPSA) is 99.3 Å². The Labute approximate surface area is 133 Å². The van der Waals surface area contributed by atoms with E-state index in [1.54, 1.807) is 25.1 Å². The molecule has 22 heavy (non-hydrogen) atoms. The summed E-state index contributed by atoms with van der Waals surface area (Å²) in [6.07, 6.45) is 0. The second-order valence-corrected chi connectivity index (χ2v) is 4.92. The summed E-state index contributed by atoms with van der Waals surface area (Å²) >= 11 is 5.96. The summed E-state index contributed by atoms with van der Waals surface area (Å²) in [7, 11) is 1.51. The van der Waals surface area contributed by atoms with Gasteiger partial charge in [0.25, 0.3) is 0 Å². The molecule has 120 valence electrons. The van der Waals surface area contributed by atoms with Gasteiger partial charge in [0, 0.05) is 17.8 Å². The lowest BCUT2D eigenvalue weighted by molar-refractivity contribution is -0.124. The van der Waals surface area contributed by atoms with Crippen LogP contribution in [0.2, 0.25) is 5.02 Å². The van der Waals surface area contributed by atoms with E-state index >= 15 is 0 Å². The quantitative estimate of drug-likeness (QED) is 0.568. The Morgan fingerprint density at radius 3 is 2.41 bits per heavy atom. The number of likely N-dealkylation sites (N-methyl/N-ethyl adjacent to an activating group) is 1. The Kier molecular flexibility index (Phi) is 7.34. The Balaban J connectivity index is 2.32. The molecule has 0 aliphatic heterocycles. The highest BCUT2D eigenvalue weighted by Crippen LogP contribution is 2.22. The fraction of sp³-hybridized carbons (Fsp3) is 0.357. The van der Waals surface area contributed by atoms with E-state index < -0.39 is 0 Å². The van der Waals surface area contributed by atoms with Crippen molar-refractivity contribution in [1.82, 2.24) is 16.0 Å². The number of hydrogen-bond donors (Lipinski definition) is 4. The predicted molar refractivity (Wildman–Crippen MR) is 84.8 cm³/mol. The Hall–Kier alpha value is -2.12. The van der Waals surface area contributed by atoms with Crippen LogP contribution in [0.3, 0.4) is 0 Å². The molecular formula is C14H19ClN4O3. The van der Waals surface area contributed by atoms with Crippen LogP contribution >= 0.6 is 11.6 Å². The zero-order chi connectivity index (χ0) is 16.5. The van der Waals surface area contributed by atoms with Crippen molar-refractivity contribution in [2.75, 3.05) is 32.0 Å². The fourth-order valence-electron chi connectivity index (χ4n) is 1.56. The minimum atomic E-state index is -0.373. The third kappa shape index (κ3) is 6.11. The molecule has 0 saturated heterocycles. The van der Waals surface area contributed by atoms with Crippen LogP contribution in [0.1, 0.15) is 5.56 Å². The van der Waals surface area contributed by atoms with Gasteiger partial charge in [-0.25, -0.2) is 0 Å². The SMILES string of the molecule is CNC(=O)CNCC(=O)NCC(=O)Nc1cccc(Cl)c1C. The molecule has 0 radical (unpaired) electrons. The summed E-state index contributed by atoms with van der Waals surface area (Å²) in [5, 5.41) is 10.7. The second-order valence-electron chi connectivity index (χ2n) is 4.51. The Morgan fingerprint density at radius 1 is 1.05 bits per heavy atom. The number of hydrogen-bond acceptors (Lipinski definition) is 4. The van der Waals surface area contributed by atoms with Gasteiger partial charge in [0.2, 0.25) is 17.7 Å². The molecule has 0 aliphatic carbocycles. The molecule has 4 N–H and O–H groups in total. The zero-order valence-electron chi connectivity index (χ0n) is 12.5. The average Bonchev–Trinajstić information content (AvgIpc) is 2.49. The largest absolute Gasteiger partial charge is 0.358 e. The smallest absolute Gasteiger partial charge is 0.243 e. The minimum Gasteiger partial charge on any atom is -0.358 e. The van der Waals surface area contributed by atoms with Gasteiger partial charge in [-0.05, 0) is 24.6 Å². The number of carbonyl (C=O) groups excluding carboxylic acids is 3. The molecule has 0 aliphatic rings. The van der Waals surface area contributed by atoms with Gasteiger partial charge in [0.1, 0.15) is 0 Å². The number of amides is 3. The molecule has 0 fully saturated rings. The van der Waals surface area contributed by atoms with Crippen molar-refractivity contribution in [1.29, 1.82) is 0 Å². The van der Waals surface area contributed by atoms with E-state index in [0.29, 0.717) is 10.7 Å². The molecule has 0 spiro atoms. The van der Waals surface area contributed by atoms with Crippen LogP contribution in [0.5, 0.6) is 0 Å². The van der Waals surface area contributed by atoms with Gasteiger partial charge >= 0.3 is 0 Å². The van der Waals surface area contributed by atoms with Gasteiger partial charge in [-0.1, -0.05) is 17.7 Å². The van der Waals surface area contributed by atoms with Gasteiger partial charge in [0.05, 0.1) is 19.6 Å². The summed E-state index contributed by atoms with van der Waals surface area (Å²) in [5.41, 5.74) is 1.36. The molecule has 0 bridgehead atoms. The number of nitrogens with one attached hydrogen (secondary N) is 4. The molecule has 0 heterocycles. The predicted octanol–water partition coefficient (Wildman–Crippen LogP) is 0.0387. The van der Waals surface area contributed by atoms with E-state index in [1.807, 2.05) is 0 Å². The van der Waals surface area contributed by atoms with Crippen molar-refractivity contribution in [2.45, 2.75) is 6.92 Å². The van der Waals surface area contributed by atoms with E-state index in [2.05, 4.69) is 21.3 Å². The molecule has 8 heteroatoms. The van der Waals surface area contributed by atoms with E-state index in [-0.39, 0.29) is 37.4 Å². The molecule has 0 saturated carbocycles. The molecule has 0 unspecified atom stereocenters. The molecule has 3 amide bonds. The molecule has 0 atom stereocenters. The van der Waals surface area contributed by atoms with Crippen molar-refractivity contribution in [2.24, 2.45) is 0 Å². The first-order valence-corrected chi connectivity index (χ1v) is 7.04. The number of benzene rings is 1. The standard InChI is InChI=1S/C14H19ClN4O3/c1-9-10(15)4-3-5-11(9)19-14(22)8-18-13(21)7-17-6-12(20)16-2/h3-5,17H,6-8H2,1-2H3,(H,16,20)(H,18,21)(H,19,22). The molecular weight excluding hydrogens is 308 g/mol. The van der Waals surface area contributed by atoms with Gasteiger partial charge in [-0.2, -0.15) is 0 Å². The summed E-state index contributed by atoms with van der Waals surface area (Å²) < 4.78 is 0. The first-order chi connectivity index (χ1) is 10.4. The Bertz CT molecular complexity index is 563. The molecule has 1 aromatic rings. The summed E-state index contributed by atoms with van der Waals surface area (Å²) in [4.78, 5) is 34.2. The van der Waals surface area contributed by atoms with E-state index in [0.717, 1.165) is 5.56 Å². The van der Waals surface area contributed by atoms with Crippen molar-refractivity contribution in [3.8, 4) is 0 Å². The van der Waals surface area contributed by atoms with Crippen LogP contribution in [0.4, 0.5) is 5.69 Å². The minimum absolute atomic E-state index is 0.0395. The summed E-state index contributed by atoms with van der Waals surface area (Å²) in [5.74, 6) is -0.950. The number of halogens is 1. The second kappa shape index (κ2) is 9.01. The average molecular weight is 327 g/mol. The third-order valence-electron chi connectivity index (χ3n) is 2.84. The normalized spacial score (nSPS) is 9.95. The number of carbonyl (C=O) groups is 3. The maximum Gasteiger partial charge on any atom is 0.243 e. The Morgan fingerprint density at radius 2 is 1.73 bits per heavy atom. The van der Waals surface area contributed by atoms with Crippen LogP contribution < -0.4 is 21.3 Å². The first-order valence-electron chi connectivity index (χ1n) is 6.67. The fourth-order valence-corrected chi connectivity index (χ4v) is 1.73. The molecule has 1 aromatic carbocycles. The maximum absolute atomic E-state index is 11.8. The van der Waals surface area contributed by atoms with E-state index in [4.69, 9.17) is 11.6 Å². The van der Waals surface area contributed by atoms with Crippen molar-refractivity contribution < 1.29 is 14.4 Å². The highest BCUT2D eigenvalue weighted by atomic mass is 35.5. The highest BCUT2D eigenvalue weighted by molar-refractivity contribution is 6.31. The van der Waals surface area contributed by atoms with Crippen LogP contribution in [0.15, 0.2) is 18.2 Å². The third-order valence-corrected chi connectivity index (χ3v) is 3.25. The number of anilines is 1. The number of rotatable bonds is 7. The van der Waals surface area contributed by atoms with Crippen LogP contribution in [-0.2, 0) is 14.4 Å². The molecule has 7 nitrogen and oxygen atoms in total. The van der Waals surface area contributed by atoms with Gasteiger partial charge in [-0.3, -0.25) is 19.7 Å². The summed E-state index contributed by atoms with van der Waals surface area (Å²) in [6, 6.07) is 5.19. The van der Waals surface area contributed by atoms with E-state index in [1.165, 1.54) is 7.05 Å². The van der Waals surface area contributed by atoms with E-state index in [9.17, 15) is 14.4 Å². The highest BCUT2D eigenvalue weighted by Gasteiger charge is 2.08. The lowest BCUT2D eigenvalue weighted by Crippen LogP contribution is -2.41. The van der Waals surface area contributed by atoms with Crippen molar-refractivity contribution >= 4 is 35.0 Å². The lowest BCUT2D eigenvalue weighted by Gasteiger charge is -2.10. The first kappa shape index (κ1) is 17.9. The molecule has 0 aromatic heterocycles. The van der Waals surface area contributed by atoms with Crippen LogP contribution in [-0.4, -0.2) is 44.4 Å². The monoisotopic (exact) mass is 326 g/mol.